The highest BCUT2D eigenvalue weighted by molar-refractivity contribution is 5.69. The number of aromatic nitrogens is 3. The molecule has 0 bridgehead atoms. The highest BCUT2D eigenvalue weighted by atomic mass is 16.5. The predicted octanol–water partition coefficient (Wildman–Crippen LogP) is 0.599. The fraction of sp³-hybridized carbons (Fsp3) is 0.727. The van der Waals surface area contributed by atoms with Crippen LogP contribution in [0.5, 0.6) is 0 Å². The van der Waals surface area contributed by atoms with E-state index in [0.717, 1.165) is 19.5 Å². The number of aryl methyl sites for hydroxylation is 1. The smallest absolute Gasteiger partial charge is 0.307 e. The summed E-state index contributed by atoms with van der Waals surface area (Å²) in [6, 6.07) is 0.143. The van der Waals surface area contributed by atoms with Gasteiger partial charge in [0.2, 0.25) is 0 Å². The van der Waals surface area contributed by atoms with Crippen LogP contribution in [-0.4, -0.2) is 40.2 Å². The molecule has 0 radical (unpaired) electrons. The number of esters is 1. The van der Waals surface area contributed by atoms with Gasteiger partial charge in [-0.25, -0.2) is 0 Å². The lowest BCUT2D eigenvalue weighted by Gasteiger charge is -2.12. The molecule has 1 rings (SSSR count). The van der Waals surface area contributed by atoms with E-state index in [4.69, 9.17) is 4.74 Å². The topological polar surface area (TPSA) is 69.0 Å². The van der Waals surface area contributed by atoms with Gasteiger partial charge in [0.15, 0.2) is 0 Å². The molecule has 0 aliphatic carbocycles. The zero-order chi connectivity index (χ0) is 12.5. The van der Waals surface area contributed by atoms with E-state index in [0.29, 0.717) is 13.0 Å². The monoisotopic (exact) mass is 240 g/mol. The van der Waals surface area contributed by atoms with E-state index in [-0.39, 0.29) is 12.0 Å². The lowest BCUT2D eigenvalue weighted by atomic mass is 10.2. The van der Waals surface area contributed by atoms with Crippen molar-refractivity contribution in [2.45, 2.75) is 39.3 Å². The molecule has 0 aliphatic heterocycles. The number of hydrogen-bond acceptors (Lipinski definition) is 5. The molecule has 1 unspecified atom stereocenters. The molecular formula is C11H20N4O2. The predicted molar refractivity (Wildman–Crippen MR) is 63.4 cm³/mol. The van der Waals surface area contributed by atoms with Crippen LogP contribution in [0.4, 0.5) is 0 Å². The van der Waals surface area contributed by atoms with Crippen LogP contribution in [0, 0.1) is 0 Å². The molecule has 0 amide bonds. The van der Waals surface area contributed by atoms with E-state index in [1.165, 1.54) is 0 Å². The van der Waals surface area contributed by atoms with Crippen LogP contribution in [0.3, 0.4) is 0 Å². The van der Waals surface area contributed by atoms with Crippen LogP contribution in [0.25, 0.3) is 0 Å². The Hall–Kier alpha value is -1.43. The molecule has 1 aromatic heterocycles. The summed E-state index contributed by atoms with van der Waals surface area (Å²) >= 11 is 0. The first-order valence-electron chi connectivity index (χ1n) is 5.95. The molecule has 0 saturated carbocycles. The Bertz CT molecular complexity index is 313. The van der Waals surface area contributed by atoms with Crippen molar-refractivity contribution in [2.24, 2.45) is 0 Å². The lowest BCUT2D eigenvalue weighted by molar-refractivity contribution is -0.143. The molecule has 1 atom stereocenters. The van der Waals surface area contributed by atoms with Gasteiger partial charge in [0, 0.05) is 18.8 Å². The van der Waals surface area contributed by atoms with Crippen molar-refractivity contribution in [2.75, 3.05) is 13.2 Å². The van der Waals surface area contributed by atoms with Crippen molar-refractivity contribution in [1.82, 2.24) is 20.3 Å². The van der Waals surface area contributed by atoms with Gasteiger partial charge in [-0.15, -0.1) is 5.10 Å². The van der Waals surface area contributed by atoms with Gasteiger partial charge in [0.1, 0.15) is 0 Å². The number of nitrogens with zero attached hydrogens (tertiary/aromatic N) is 3. The fourth-order valence-corrected chi connectivity index (χ4v) is 1.48. The maximum absolute atomic E-state index is 11.2. The number of nitrogens with one attached hydrogen (secondary N) is 1. The average molecular weight is 240 g/mol. The third-order valence-corrected chi connectivity index (χ3v) is 2.31. The quantitative estimate of drug-likeness (QED) is 0.532. The summed E-state index contributed by atoms with van der Waals surface area (Å²) in [4.78, 5) is 11.2. The standard InChI is InChI=1S/C11H20N4O2/c1-3-17-11(16)9-10(2)12-5-4-7-15-8-6-13-14-15/h6,8,10,12H,3-5,7,9H2,1-2H3. The Labute approximate surface area is 101 Å². The Kier molecular flexibility index (Phi) is 6.24. The zero-order valence-corrected chi connectivity index (χ0v) is 10.4. The van der Waals surface area contributed by atoms with E-state index in [1.807, 2.05) is 20.0 Å². The van der Waals surface area contributed by atoms with E-state index in [1.54, 1.807) is 10.9 Å². The van der Waals surface area contributed by atoms with Crippen LogP contribution < -0.4 is 5.32 Å². The Balaban J connectivity index is 2.04. The zero-order valence-electron chi connectivity index (χ0n) is 10.4. The average Bonchev–Trinajstić information content (AvgIpc) is 2.77. The van der Waals surface area contributed by atoms with Gasteiger partial charge in [-0.2, -0.15) is 0 Å². The third kappa shape index (κ3) is 6.01. The molecule has 6 nitrogen and oxygen atoms in total. The maximum atomic E-state index is 11.2. The molecule has 0 aromatic carbocycles. The number of hydrogen-bond donors (Lipinski definition) is 1. The molecule has 1 heterocycles. The summed E-state index contributed by atoms with van der Waals surface area (Å²) in [6.07, 6.45) is 4.87. The minimum Gasteiger partial charge on any atom is -0.466 e. The van der Waals surface area contributed by atoms with Gasteiger partial charge < -0.3 is 10.1 Å². The molecule has 0 aliphatic rings. The highest BCUT2D eigenvalue weighted by Crippen LogP contribution is 1.95. The summed E-state index contributed by atoms with van der Waals surface area (Å²) in [5.41, 5.74) is 0. The van der Waals surface area contributed by atoms with E-state index < -0.39 is 0 Å². The van der Waals surface area contributed by atoms with Crippen LogP contribution in [0.1, 0.15) is 26.7 Å². The lowest BCUT2D eigenvalue weighted by Crippen LogP contribution is -2.30. The summed E-state index contributed by atoms with van der Waals surface area (Å²) in [5, 5.41) is 10.9. The Morgan fingerprint density at radius 2 is 2.41 bits per heavy atom. The van der Waals surface area contributed by atoms with Crippen LogP contribution in [0.2, 0.25) is 0 Å². The van der Waals surface area contributed by atoms with E-state index >= 15 is 0 Å². The highest BCUT2D eigenvalue weighted by Gasteiger charge is 2.08. The molecule has 1 N–H and O–H groups in total. The first kappa shape index (κ1) is 13.6. The van der Waals surface area contributed by atoms with Crippen molar-refractivity contribution in [1.29, 1.82) is 0 Å². The number of rotatable bonds is 8. The van der Waals surface area contributed by atoms with Gasteiger partial charge in [-0.1, -0.05) is 5.21 Å². The second-order valence-electron chi connectivity index (χ2n) is 3.88. The van der Waals surface area contributed by atoms with Gasteiger partial charge in [-0.3, -0.25) is 9.48 Å². The molecule has 96 valence electrons. The maximum Gasteiger partial charge on any atom is 0.307 e. The van der Waals surface area contributed by atoms with Crippen molar-refractivity contribution in [3.05, 3.63) is 12.4 Å². The molecule has 1 aromatic rings. The molecule has 0 saturated heterocycles. The minimum absolute atomic E-state index is 0.143. The molecule has 0 spiro atoms. The number of carbonyl (C=O) groups excluding carboxylic acids is 1. The van der Waals surface area contributed by atoms with E-state index in [9.17, 15) is 4.79 Å². The van der Waals surface area contributed by atoms with Crippen LogP contribution in [0.15, 0.2) is 12.4 Å². The normalized spacial score (nSPS) is 12.4. The second-order valence-corrected chi connectivity index (χ2v) is 3.88. The Morgan fingerprint density at radius 1 is 1.59 bits per heavy atom. The van der Waals surface area contributed by atoms with Gasteiger partial charge in [0.25, 0.3) is 0 Å². The van der Waals surface area contributed by atoms with Gasteiger partial charge in [-0.05, 0) is 26.8 Å². The second kappa shape index (κ2) is 7.78. The summed E-state index contributed by atoms with van der Waals surface area (Å²) in [7, 11) is 0. The first-order valence-corrected chi connectivity index (χ1v) is 5.95. The van der Waals surface area contributed by atoms with Crippen molar-refractivity contribution >= 4 is 5.97 Å². The number of ether oxygens (including phenoxy) is 1. The van der Waals surface area contributed by atoms with Crippen LogP contribution in [-0.2, 0) is 16.1 Å². The summed E-state index contributed by atoms with van der Waals surface area (Å²) in [6.45, 7) is 5.91. The Morgan fingerprint density at radius 3 is 3.06 bits per heavy atom. The summed E-state index contributed by atoms with van der Waals surface area (Å²) < 4.78 is 6.67. The van der Waals surface area contributed by atoms with Gasteiger partial charge >= 0.3 is 5.97 Å². The largest absolute Gasteiger partial charge is 0.466 e. The minimum atomic E-state index is -0.149. The molecular weight excluding hydrogens is 220 g/mol. The molecule has 17 heavy (non-hydrogen) atoms. The first-order chi connectivity index (χ1) is 8.22. The SMILES string of the molecule is CCOC(=O)CC(C)NCCCn1ccnn1. The van der Waals surface area contributed by atoms with Crippen molar-refractivity contribution < 1.29 is 9.53 Å². The number of carbonyl (C=O) groups is 1. The van der Waals surface area contributed by atoms with Gasteiger partial charge in [0.05, 0.1) is 19.2 Å². The van der Waals surface area contributed by atoms with Crippen molar-refractivity contribution in [3.63, 3.8) is 0 Å². The van der Waals surface area contributed by atoms with E-state index in [2.05, 4.69) is 15.6 Å². The van der Waals surface area contributed by atoms with Crippen LogP contribution >= 0.6 is 0 Å². The fourth-order valence-electron chi connectivity index (χ4n) is 1.48. The third-order valence-electron chi connectivity index (χ3n) is 2.31. The van der Waals surface area contributed by atoms with Crippen molar-refractivity contribution in [3.8, 4) is 0 Å². The summed E-state index contributed by atoms with van der Waals surface area (Å²) in [5.74, 6) is -0.149. The molecule has 0 fully saturated rings. The molecule has 6 heteroatoms.